The van der Waals surface area contributed by atoms with Crippen molar-refractivity contribution in [2.24, 2.45) is 0 Å². The molecule has 1 aliphatic heterocycles. The second-order valence-corrected chi connectivity index (χ2v) is 4.61. The first-order valence-electron chi connectivity index (χ1n) is 6.17. The maximum Gasteiger partial charge on any atom is 0.305 e. The lowest BCUT2D eigenvalue weighted by atomic mass is 9.86. The molecule has 1 amide bonds. The second-order valence-electron chi connectivity index (χ2n) is 4.61. The molecule has 1 aliphatic rings. The fourth-order valence-corrected chi connectivity index (χ4v) is 2.13. The monoisotopic (exact) mass is 259 g/mol. The third kappa shape index (κ3) is 5.01. The van der Waals surface area contributed by atoms with Crippen LogP contribution in [0.25, 0.3) is 0 Å². The summed E-state index contributed by atoms with van der Waals surface area (Å²) < 4.78 is 10.1. The van der Waals surface area contributed by atoms with E-state index in [9.17, 15) is 9.59 Å². The van der Waals surface area contributed by atoms with E-state index in [1.165, 1.54) is 0 Å². The van der Waals surface area contributed by atoms with Crippen LogP contribution in [0.3, 0.4) is 0 Å². The average molecular weight is 259 g/mol. The summed E-state index contributed by atoms with van der Waals surface area (Å²) in [7, 11) is 1.59. The number of carboxylic acids is 1. The van der Waals surface area contributed by atoms with Crippen molar-refractivity contribution in [1.29, 1.82) is 0 Å². The number of carbonyl (C=O) groups is 2. The summed E-state index contributed by atoms with van der Waals surface area (Å²) in [5.41, 5.74) is -0.645. The summed E-state index contributed by atoms with van der Waals surface area (Å²) in [5.74, 6) is -1.01. The third-order valence-corrected chi connectivity index (χ3v) is 3.10. The first-order valence-corrected chi connectivity index (χ1v) is 6.17. The van der Waals surface area contributed by atoms with Gasteiger partial charge in [-0.25, -0.2) is 0 Å². The van der Waals surface area contributed by atoms with Crippen molar-refractivity contribution >= 4 is 11.9 Å². The van der Waals surface area contributed by atoms with Crippen molar-refractivity contribution in [3.8, 4) is 0 Å². The van der Waals surface area contributed by atoms with Crippen LogP contribution in [0.5, 0.6) is 0 Å². The Bertz CT molecular complexity index is 286. The highest BCUT2D eigenvalue weighted by Crippen LogP contribution is 2.24. The highest BCUT2D eigenvalue weighted by Gasteiger charge is 2.36. The minimum absolute atomic E-state index is 0.0492. The number of carboxylic acid groups (broad SMARTS) is 1. The van der Waals surface area contributed by atoms with Gasteiger partial charge in [0, 0.05) is 33.4 Å². The standard InChI is InChI=1S/C12H21NO5/c1-17-6-2-3-10(14)13-12(9-11(15)16)4-7-18-8-5-12/h2-9H2,1H3,(H,13,14)(H,15,16). The predicted molar refractivity (Wildman–Crippen MR) is 64.3 cm³/mol. The van der Waals surface area contributed by atoms with E-state index in [-0.39, 0.29) is 12.3 Å². The Morgan fingerprint density at radius 1 is 1.39 bits per heavy atom. The molecule has 0 aromatic rings. The maximum atomic E-state index is 11.8. The molecule has 0 aliphatic carbocycles. The Morgan fingerprint density at radius 2 is 2.06 bits per heavy atom. The fourth-order valence-electron chi connectivity index (χ4n) is 2.13. The Morgan fingerprint density at radius 3 is 2.61 bits per heavy atom. The molecular weight excluding hydrogens is 238 g/mol. The first-order chi connectivity index (χ1) is 8.58. The van der Waals surface area contributed by atoms with Crippen LogP contribution in [0, 0.1) is 0 Å². The molecule has 1 saturated heterocycles. The molecule has 6 nitrogen and oxygen atoms in total. The van der Waals surface area contributed by atoms with Crippen LogP contribution in [0.2, 0.25) is 0 Å². The minimum Gasteiger partial charge on any atom is -0.481 e. The predicted octanol–water partition coefficient (Wildman–Crippen LogP) is 0.553. The summed E-state index contributed by atoms with van der Waals surface area (Å²) in [6, 6.07) is 0. The van der Waals surface area contributed by atoms with Gasteiger partial charge >= 0.3 is 5.97 Å². The molecule has 2 N–H and O–H groups in total. The summed E-state index contributed by atoms with van der Waals surface area (Å²) in [6.45, 7) is 1.51. The lowest BCUT2D eigenvalue weighted by molar-refractivity contribution is -0.140. The quantitative estimate of drug-likeness (QED) is 0.652. The van der Waals surface area contributed by atoms with Crippen LogP contribution in [0.1, 0.15) is 32.1 Å². The zero-order valence-electron chi connectivity index (χ0n) is 10.7. The molecule has 0 radical (unpaired) electrons. The van der Waals surface area contributed by atoms with E-state index in [1.807, 2.05) is 0 Å². The number of hydrogen-bond acceptors (Lipinski definition) is 4. The molecule has 0 bridgehead atoms. The highest BCUT2D eigenvalue weighted by molar-refractivity contribution is 5.78. The van der Waals surface area contributed by atoms with Gasteiger partial charge in [0.25, 0.3) is 0 Å². The number of rotatable bonds is 7. The number of nitrogens with one attached hydrogen (secondary N) is 1. The third-order valence-electron chi connectivity index (χ3n) is 3.10. The molecule has 0 aromatic heterocycles. The zero-order chi connectivity index (χ0) is 13.4. The summed E-state index contributed by atoms with van der Waals surface area (Å²) >= 11 is 0. The van der Waals surface area contributed by atoms with Crippen LogP contribution in [-0.2, 0) is 19.1 Å². The van der Waals surface area contributed by atoms with E-state index in [4.69, 9.17) is 14.6 Å². The minimum atomic E-state index is -0.894. The Labute approximate surface area is 107 Å². The van der Waals surface area contributed by atoms with Gasteiger partial charge in [-0.1, -0.05) is 0 Å². The van der Waals surface area contributed by atoms with Gasteiger partial charge in [0.2, 0.25) is 5.91 Å². The van der Waals surface area contributed by atoms with Crippen LogP contribution in [0.4, 0.5) is 0 Å². The molecule has 1 heterocycles. The van der Waals surface area contributed by atoms with Gasteiger partial charge in [-0.05, 0) is 19.3 Å². The molecule has 1 rings (SSSR count). The fraction of sp³-hybridized carbons (Fsp3) is 0.833. The highest BCUT2D eigenvalue weighted by atomic mass is 16.5. The van der Waals surface area contributed by atoms with Crippen molar-refractivity contribution in [3.63, 3.8) is 0 Å². The van der Waals surface area contributed by atoms with E-state index >= 15 is 0 Å². The topological polar surface area (TPSA) is 84.9 Å². The summed E-state index contributed by atoms with van der Waals surface area (Å²) in [4.78, 5) is 22.7. The molecule has 0 saturated carbocycles. The second kappa shape index (κ2) is 7.33. The summed E-state index contributed by atoms with van der Waals surface area (Å²) in [6.07, 6.45) is 2.05. The van der Waals surface area contributed by atoms with Gasteiger partial charge in [0.1, 0.15) is 0 Å². The lowest BCUT2D eigenvalue weighted by Gasteiger charge is -2.36. The number of ether oxygens (including phenoxy) is 2. The van der Waals surface area contributed by atoms with Gasteiger partial charge in [0.05, 0.1) is 12.0 Å². The SMILES string of the molecule is COCCCC(=O)NC1(CC(=O)O)CCOCC1. The van der Waals surface area contributed by atoms with E-state index < -0.39 is 11.5 Å². The van der Waals surface area contributed by atoms with Crippen molar-refractivity contribution in [2.75, 3.05) is 26.9 Å². The van der Waals surface area contributed by atoms with Crippen molar-refractivity contribution in [1.82, 2.24) is 5.32 Å². The van der Waals surface area contributed by atoms with E-state index in [0.29, 0.717) is 45.5 Å². The lowest BCUT2D eigenvalue weighted by Crippen LogP contribution is -2.53. The molecule has 0 aromatic carbocycles. The van der Waals surface area contributed by atoms with Gasteiger partial charge in [0.15, 0.2) is 0 Å². The molecule has 0 atom stereocenters. The number of aliphatic carboxylic acids is 1. The largest absolute Gasteiger partial charge is 0.481 e. The van der Waals surface area contributed by atoms with Crippen molar-refractivity contribution in [2.45, 2.75) is 37.6 Å². The van der Waals surface area contributed by atoms with Crippen LogP contribution in [0.15, 0.2) is 0 Å². The van der Waals surface area contributed by atoms with Crippen LogP contribution < -0.4 is 5.32 Å². The first kappa shape index (κ1) is 14.9. The number of methoxy groups -OCH3 is 1. The maximum absolute atomic E-state index is 11.8. The number of hydrogen-bond donors (Lipinski definition) is 2. The number of carbonyl (C=O) groups excluding carboxylic acids is 1. The Hall–Kier alpha value is -1.14. The molecule has 0 spiro atoms. The molecule has 6 heteroatoms. The van der Waals surface area contributed by atoms with Gasteiger partial charge in [-0.2, -0.15) is 0 Å². The molecular formula is C12H21NO5. The van der Waals surface area contributed by atoms with Crippen molar-refractivity contribution < 1.29 is 24.2 Å². The zero-order valence-corrected chi connectivity index (χ0v) is 10.7. The average Bonchev–Trinajstić information content (AvgIpc) is 2.29. The molecule has 1 fully saturated rings. The van der Waals surface area contributed by atoms with Crippen LogP contribution in [-0.4, -0.2) is 49.5 Å². The van der Waals surface area contributed by atoms with E-state index in [2.05, 4.69) is 5.32 Å². The van der Waals surface area contributed by atoms with Crippen LogP contribution >= 0.6 is 0 Å². The smallest absolute Gasteiger partial charge is 0.305 e. The van der Waals surface area contributed by atoms with E-state index in [0.717, 1.165) is 0 Å². The Kier molecular flexibility index (Phi) is 6.07. The normalized spacial score (nSPS) is 18.3. The molecule has 18 heavy (non-hydrogen) atoms. The van der Waals surface area contributed by atoms with E-state index in [1.54, 1.807) is 7.11 Å². The summed E-state index contributed by atoms with van der Waals surface area (Å²) in [5, 5.41) is 11.8. The Balaban J connectivity index is 2.49. The van der Waals surface area contributed by atoms with Gasteiger partial charge < -0.3 is 19.9 Å². The van der Waals surface area contributed by atoms with Gasteiger partial charge in [-0.3, -0.25) is 9.59 Å². The van der Waals surface area contributed by atoms with Crippen molar-refractivity contribution in [3.05, 3.63) is 0 Å². The number of amides is 1. The molecule has 0 unspecified atom stereocenters. The molecule has 104 valence electrons. The van der Waals surface area contributed by atoms with Gasteiger partial charge in [-0.15, -0.1) is 0 Å².